The van der Waals surface area contributed by atoms with E-state index in [1.807, 2.05) is 36.7 Å². The van der Waals surface area contributed by atoms with E-state index in [-0.39, 0.29) is 0 Å². The van der Waals surface area contributed by atoms with Crippen molar-refractivity contribution in [1.82, 2.24) is 5.32 Å². The van der Waals surface area contributed by atoms with Gasteiger partial charge in [-0.2, -0.15) is 0 Å². The van der Waals surface area contributed by atoms with E-state index in [4.69, 9.17) is 9.47 Å². The zero-order valence-electron chi connectivity index (χ0n) is 10.6. The van der Waals surface area contributed by atoms with Crippen molar-refractivity contribution in [3.63, 3.8) is 0 Å². The van der Waals surface area contributed by atoms with Crippen molar-refractivity contribution in [2.24, 2.45) is 0 Å². The molecule has 0 bridgehead atoms. The molecule has 0 atom stereocenters. The minimum Gasteiger partial charge on any atom is -0.493 e. The molecule has 0 unspecified atom stereocenters. The van der Waals surface area contributed by atoms with Crippen molar-refractivity contribution in [2.45, 2.75) is 13.2 Å². The van der Waals surface area contributed by atoms with Gasteiger partial charge in [-0.1, -0.05) is 12.1 Å². The molecule has 4 heteroatoms. The summed E-state index contributed by atoms with van der Waals surface area (Å²) in [5.74, 6) is 1.56. The van der Waals surface area contributed by atoms with Crippen LogP contribution in [-0.4, -0.2) is 14.2 Å². The molecule has 0 saturated carbocycles. The molecular weight excluding hydrogens is 246 g/mol. The third-order valence-corrected chi connectivity index (χ3v) is 3.41. The lowest BCUT2D eigenvalue weighted by atomic mass is 10.2. The summed E-state index contributed by atoms with van der Waals surface area (Å²) < 4.78 is 11.1. The van der Waals surface area contributed by atoms with Crippen molar-refractivity contribution in [3.05, 3.63) is 46.2 Å². The van der Waals surface area contributed by atoms with Gasteiger partial charge in [0.15, 0.2) is 11.5 Å². The average Bonchev–Trinajstić information content (AvgIpc) is 2.90. The summed E-state index contributed by atoms with van der Waals surface area (Å²) >= 11 is 1.69. The summed E-state index contributed by atoms with van der Waals surface area (Å²) in [6, 6.07) is 10.1. The Hall–Kier alpha value is -1.52. The molecule has 1 aromatic carbocycles. The highest BCUT2D eigenvalue weighted by Crippen LogP contribution is 2.29. The van der Waals surface area contributed by atoms with Crippen LogP contribution in [0.15, 0.2) is 35.7 Å². The molecule has 3 nitrogen and oxygen atoms in total. The Kier molecular flexibility index (Phi) is 4.61. The molecule has 1 aromatic heterocycles. The molecule has 2 rings (SSSR count). The molecule has 0 spiro atoms. The van der Waals surface area contributed by atoms with Gasteiger partial charge in [-0.3, -0.25) is 0 Å². The number of hydrogen-bond acceptors (Lipinski definition) is 4. The molecule has 0 amide bonds. The second-order valence-electron chi connectivity index (χ2n) is 3.88. The van der Waals surface area contributed by atoms with Gasteiger partial charge in [-0.15, -0.1) is 11.3 Å². The molecule has 18 heavy (non-hydrogen) atoms. The second-order valence-corrected chi connectivity index (χ2v) is 4.92. The summed E-state index contributed by atoms with van der Waals surface area (Å²) in [6.07, 6.45) is 0. The van der Waals surface area contributed by atoms with Gasteiger partial charge in [0.05, 0.1) is 7.11 Å². The molecule has 0 aliphatic heterocycles. The predicted molar refractivity (Wildman–Crippen MR) is 74.4 cm³/mol. The minimum atomic E-state index is 0.583. The normalized spacial score (nSPS) is 10.3. The number of methoxy groups -OCH3 is 1. The van der Waals surface area contributed by atoms with Crippen molar-refractivity contribution in [3.8, 4) is 11.5 Å². The van der Waals surface area contributed by atoms with Crippen LogP contribution in [0.2, 0.25) is 0 Å². The van der Waals surface area contributed by atoms with Crippen LogP contribution >= 0.6 is 11.3 Å². The second kappa shape index (κ2) is 6.42. The van der Waals surface area contributed by atoms with Gasteiger partial charge in [0.2, 0.25) is 0 Å². The molecule has 1 heterocycles. The van der Waals surface area contributed by atoms with E-state index < -0.39 is 0 Å². The number of ether oxygens (including phenoxy) is 2. The summed E-state index contributed by atoms with van der Waals surface area (Å²) in [5.41, 5.74) is 1.18. The van der Waals surface area contributed by atoms with Crippen LogP contribution in [0.4, 0.5) is 0 Å². The highest BCUT2D eigenvalue weighted by atomic mass is 32.1. The van der Waals surface area contributed by atoms with Crippen LogP contribution < -0.4 is 14.8 Å². The van der Waals surface area contributed by atoms with Crippen molar-refractivity contribution in [1.29, 1.82) is 0 Å². The Morgan fingerprint density at radius 2 is 2.11 bits per heavy atom. The van der Waals surface area contributed by atoms with E-state index in [1.165, 1.54) is 10.4 Å². The topological polar surface area (TPSA) is 30.5 Å². The first-order valence-corrected chi connectivity index (χ1v) is 6.68. The standard InChI is InChI=1S/C14H17NO2S/c1-15-9-11-5-6-13(14(8-11)16-2)17-10-12-4-3-7-18-12/h3-8,15H,9-10H2,1-2H3. The fourth-order valence-corrected chi connectivity index (χ4v) is 2.30. The summed E-state index contributed by atoms with van der Waals surface area (Å²) in [5, 5.41) is 5.16. The van der Waals surface area contributed by atoms with Crippen molar-refractivity contribution >= 4 is 11.3 Å². The third-order valence-electron chi connectivity index (χ3n) is 2.56. The first-order chi connectivity index (χ1) is 8.83. The van der Waals surface area contributed by atoms with Crippen LogP contribution in [0.25, 0.3) is 0 Å². The maximum absolute atomic E-state index is 5.77. The van der Waals surface area contributed by atoms with E-state index in [0.717, 1.165) is 18.0 Å². The van der Waals surface area contributed by atoms with Crippen LogP contribution in [-0.2, 0) is 13.2 Å². The number of hydrogen-bond donors (Lipinski definition) is 1. The number of thiophene rings is 1. The van der Waals surface area contributed by atoms with Gasteiger partial charge in [0.25, 0.3) is 0 Å². The maximum atomic E-state index is 5.77. The summed E-state index contributed by atoms with van der Waals surface area (Å²) in [4.78, 5) is 1.20. The predicted octanol–water partition coefficient (Wildman–Crippen LogP) is 3.06. The Morgan fingerprint density at radius 3 is 2.78 bits per heavy atom. The van der Waals surface area contributed by atoms with E-state index >= 15 is 0 Å². The van der Waals surface area contributed by atoms with Crippen LogP contribution in [0, 0.1) is 0 Å². The SMILES string of the molecule is CNCc1ccc(OCc2cccs2)c(OC)c1. The summed E-state index contributed by atoms with van der Waals surface area (Å²) in [6.45, 7) is 1.40. The zero-order chi connectivity index (χ0) is 12.8. The first-order valence-electron chi connectivity index (χ1n) is 5.80. The Morgan fingerprint density at radius 1 is 1.22 bits per heavy atom. The van der Waals surface area contributed by atoms with Gasteiger partial charge < -0.3 is 14.8 Å². The number of benzene rings is 1. The molecule has 96 valence electrons. The molecule has 0 saturated heterocycles. The number of nitrogens with one attached hydrogen (secondary N) is 1. The average molecular weight is 263 g/mol. The lowest BCUT2D eigenvalue weighted by Crippen LogP contribution is -2.05. The van der Waals surface area contributed by atoms with Crippen molar-refractivity contribution in [2.75, 3.05) is 14.2 Å². The summed E-state index contributed by atoms with van der Waals surface area (Å²) in [7, 11) is 3.59. The molecule has 1 N–H and O–H groups in total. The highest BCUT2D eigenvalue weighted by molar-refractivity contribution is 7.09. The fourth-order valence-electron chi connectivity index (χ4n) is 1.69. The third kappa shape index (κ3) is 3.24. The lowest BCUT2D eigenvalue weighted by molar-refractivity contribution is 0.287. The van der Waals surface area contributed by atoms with Crippen LogP contribution in [0.5, 0.6) is 11.5 Å². The molecule has 0 aliphatic rings. The Balaban J connectivity index is 2.07. The molecule has 2 aromatic rings. The Bertz CT molecular complexity index is 483. The zero-order valence-corrected chi connectivity index (χ0v) is 11.4. The number of rotatable bonds is 6. The van der Waals surface area contributed by atoms with Gasteiger partial charge in [0.1, 0.15) is 6.61 Å². The smallest absolute Gasteiger partial charge is 0.161 e. The highest BCUT2D eigenvalue weighted by Gasteiger charge is 2.06. The minimum absolute atomic E-state index is 0.583. The van der Waals surface area contributed by atoms with Gasteiger partial charge in [0, 0.05) is 11.4 Å². The first kappa shape index (κ1) is 12.9. The molecule has 0 fully saturated rings. The van der Waals surface area contributed by atoms with E-state index in [9.17, 15) is 0 Å². The molecule has 0 radical (unpaired) electrons. The van der Waals surface area contributed by atoms with E-state index in [2.05, 4.69) is 11.4 Å². The van der Waals surface area contributed by atoms with Gasteiger partial charge >= 0.3 is 0 Å². The lowest BCUT2D eigenvalue weighted by Gasteiger charge is -2.11. The molecule has 0 aliphatic carbocycles. The van der Waals surface area contributed by atoms with E-state index in [0.29, 0.717) is 6.61 Å². The van der Waals surface area contributed by atoms with Crippen LogP contribution in [0.1, 0.15) is 10.4 Å². The van der Waals surface area contributed by atoms with Gasteiger partial charge in [-0.05, 0) is 36.2 Å². The maximum Gasteiger partial charge on any atom is 0.161 e. The fraction of sp³-hybridized carbons (Fsp3) is 0.286. The van der Waals surface area contributed by atoms with Gasteiger partial charge in [-0.25, -0.2) is 0 Å². The van der Waals surface area contributed by atoms with Crippen LogP contribution in [0.3, 0.4) is 0 Å². The largest absolute Gasteiger partial charge is 0.493 e. The van der Waals surface area contributed by atoms with Crippen molar-refractivity contribution < 1.29 is 9.47 Å². The Labute approximate surface area is 111 Å². The molecular formula is C14H17NO2S. The monoisotopic (exact) mass is 263 g/mol. The van der Waals surface area contributed by atoms with E-state index in [1.54, 1.807) is 18.4 Å². The quantitative estimate of drug-likeness (QED) is 0.869.